The van der Waals surface area contributed by atoms with Crippen LogP contribution in [0.5, 0.6) is 0 Å². The average molecular weight is 282 g/mol. The van der Waals surface area contributed by atoms with Crippen molar-refractivity contribution in [3.8, 4) is 0 Å². The molecule has 4 heteroatoms. The van der Waals surface area contributed by atoms with Crippen molar-refractivity contribution in [1.29, 1.82) is 0 Å². The van der Waals surface area contributed by atoms with Crippen LogP contribution in [-0.2, 0) is 6.42 Å². The van der Waals surface area contributed by atoms with Crippen LogP contribution in [0.3, 0.4) is 0 Å². The van der Waals surface area contributed by atoms with Gasteiger partial charge in [-0.1, -0.05) is 24.3 Å². The highest BCUT2D eigenvalue weighted by atomic mass is 16.3. The molecule has 4 N–H and O–H groups in total. The van der Waals surface area contributed by atoms with Crippen molar-refractivity contribution in [3.63, 3.8) is 0 Å². The van der Waals surface area contributed by atoms with Crippen molar-refractivity contribution < 1.29 is 9.90 Å². The van der Waals surface area contributed by atoms with Crippen LogP contribution in [0.4, 0.5) is 5.69 Å². The normalized spacial score (nSPS) is 20.1. The molecule has 1 aliphatic carbocycles. The van der Waals surface area contributed by atoms with Crippen molar-refractivity contribution in [3.05, 3.63) is 64.7 Å². The second-order valence-electron chi connectivity index (χ2n) is 5.55. The van der Waals surface area contributed by atoms with Gasteiger partial charge in [0.25, 0.3) is 5.91 Å². The molecule has 0 unspecified atom stereocenters. The lowest BCUT2D eigenvalue weighted by Gasteiger charge is -2.18. The summed E-state index contributed by atoms with van der Waals surface area (Å²) in [4.78, 5) is 12.4. The molecule has 21 heavy (non-hydrogen) atoms. The van der Waals surface area contributed by atoms with E-state index in [-0.39, 0.29) is 11.9 Å². The number of nitrogen functional groups attached to an aromatic ring is 1. The van der Waals surface area contributed by atoms with Gasteiger partial charge in [0, 0.05) is 17.7 Å². The Balaban J connectivity index is 1.85. The summed E-state index contributed by atoms with van der Waals surface area (Å²) in [5, 5.41) is 13.1. The van der Waals surface area contributed by atoms with E-state index in [9.17, 15) is 9.90 Å². The molecule has 3 rings (SSSR count). The number of rotatable bonds is 2. The summed E-state index contributed by atoms with van der Waals surface area (Å²) in [5.74, 6) is -0.217. The Kier molecular flexibility index (Phi) is 3.39. The van der Waals surface area contributed by atoms with E-state index in [1.807, 2.05) is 37.3 Å². The second-order valence-corrected chi connectivity index (χ2v) is 5.55. The number of nitrogens with two attached hydrogens (primary N) is 1. The minimum atomic E-state index is -0.589. The number of benzene rings is 2. The summed E-state index contributed by atoms with van der Waals surface area (Å²) in [6.07, 6.45) is -0.0228. The van der Waals surface area contributed by atoms with Gasteiger partial charge in [-0.25, -0.2) is 0 Å². The first kappa shape index (κ1) is 13.6. The number of anilines is 1. The fourth-order valence-corrected chi connectivity index (χ4v) is 2.92. The van der Waals surface area contributed by atoms with E-state index in [1.165, 1.54) is 0 Å². The number of aliphatic hydroxyl groups is 1. The molecule has 2 atom stereocenters. The number of hydrogen-bond acceptors (Lipinski definition) is 3. The van der Waals surface area contributed by atoms with E-state index in [2.05, 4.69) is 5.32 Å². The van der Waals surface area contributed by atoms with Crippen LogP contribution < -0.4 is 11.1 Å². The number of carbonyl (C=O) groups excluding carboxylic acids is 1. The van der Waals surface area contributed by atoms with E-state index >= 15 is 0 Å². The standard InChI is InChI=1S/C17H18N2O2/c1-10-6-12(8-13(18)7-10)17(21)19-16-14-5-3-2-4-11(14)9-15(16)20/h2-8,15-16,20H,9,18H2,1H3,(H,19,21)/t15-,16+/m0/s1. The van der Waals surface area contributed by atoms with Gasteiger partial charge in [-0.2, -0.15) is 0 Å². The number of nitrogens with one attached hydrogen (secondary N) is 1. The van der Waals surface area contributed by atoms with Gasteiger partial charge in [-0.05, 0) is 41.8 Å². The first-order valence-corrected chi connectivity index (χ1v) is 6.98. The zero-order chi connectivity index (χ0) is 15.0. The molecule has 0 heterocycles. The first-order valence-electron chi connectivity index (χ1n) is 6.98. The molecule has 0 spiro atoms. The van der Waals surface area contributed by atoms with Crippen molar-refractivity contribution in [1.82, 2.24) is 5.32 Å². The number of amides is 1. The molecule has 1 amide bonds. The largest absolute Gasteiger partial charge is 0.399 e. The molecule has 2 aromatic carbocycles. The van der Waals surface area contributed by atoms with E-state index in [0.717, 1.165) is 16.7 Å². The minimum Gasteiger partial charge on any atom is -0.399 e. The molecular formula is C17H18N2O2. The molecule has 0 saturated heterocycles. The van der Waals surface area contributed by atoms with Gasteiger partial charge >= 0.3 is 0 Å². The van der Waals surface area contributed by atoms with Crippen LogP contribution in [-0.4, -0.2) is 17.1 Å². The van der Waals surface area contributed by atoms with Crippen molar-refractivity contribution in [2.45, 2.75) is 25.5 Å². The maximum atomic E-state index is 12.4. The van der Waals surface area contributed by atoms with Crippen LogP contribution in [0, 0.1) is 6.92 Å². The highest BCUT2D eigenvalue weighted by Crippen LogP contribution is 2.31. The number of aryl methyl sites for hydroxylation is 1. The highest BCUT2D eigenvalue weighted by Gasteiger charge is 2.32. The molecule has 0 fully saturated rings. The van der Waals surface area contributed by atoms with Crippen molar-refractivity contribution in [2.24, 2.45) is 0 Å². The monoisotopic (exact) mass is 282 g/mol. The fourth-order valence-electron chi connectivity index (χ4n) is 2.92. The Bertz CT molecular complexity index is 677. The van der Waals surface area contributed by atoms with Gasteiger partial charge in [0.1, 0.15) is 0 Å². The molecule has 4 nitrogen and oxygen atoms in total. The van der Waals surface area contributed by atoms with Crippen molar-refractivity contribution >= 4 is 11.6 Å². The zero-order valence-electron chi connectivity index (χ0n) is 11.8. The van der Waals surface area contributed by atoms with Gasteiger partial charge in [0.2, 0.25) is 0 Å². The van der Waals surface area contributed by atoms with Crippen LogP contribution in [0.15, 0.2) is 42.5 Å². The lowest BCUT2D eigenvalue weighted by molar-refractivity contribution is 0.0858. The first-order chi connectivity index (χ1) is 10.0. The maximum absolute atomic E-state index is 12.4. The Labute approximate surface area is 123 Å². The number of aliphatic hydroxyl groups excluding tert-OH is 1. The molecule has 108 valence electrons. The Morgan fingerprint density at radius 2 is 2.05 bits per heavy atom. The van der Waals surface area contributed by atoms with Gasteiger partial charge in [0.15, 0.2) is 0 Å². The Morgan fingerprint density at radius 3 is 2.81 bits per heavy atom. The minimum absolute atomic E-state index is 0.217. The van der Waals surface area contributed by atoms with Crippen LogP contribution in [0.2, 0.25) is 0 Å². The number of carbonyl (C=O) groups is 1. The zero-order valence-corrected chi connectivity index (χ0v) is 11.8. The predicted octanol–water partition coefficient (Wildman–Crippen LogP) is 1.97. The van der Waals surface area contributed by atoms with Gasteiger partial charge in [0.05, 0.1) is 12.1 Å². The summed E-state index contributed by atoms with van der Waals surface area (Å²) >= 11 is 0. The van der Waals surface area contributed by atoms with E-state index in [4.69, 9.17) is 5.73 Å². The van der Waals surface area contributed by atoms with Crippen LogP contribution >= 0.6 is 0 Å². The summed E-state index contributed by atoms with van der Waals surface area (Å²) in [6.45, 7) is 1.90. The van der Waals surface area contributed by atoms with Gasteiger partial charge in [-0.15, -0.1) is 0 Å². The van der Waals surface area contributed by atoms with E-state index in [0.29, 0.717) is 17.7 Å². The molecule has 0 bridgehead atoms. The summed E-state index contributed by atoms with van der Waals surface area (Å²) in [5.41, 5.74) is 9.87. The summed E-state index contributed by atoms with van der Waals surface area (Å²) in [6, 6.07) is 12.7. The highest BCUT2D eigenvalue weighted by molar-refractivity contribution is 5.95. The molecule has 2 aromatic rings. The molecule has 0 aliphatic heterocycles. The van der Waals surface area contributed by atoms with E-state index in [1.54, 1.807) is 12.1 Å². The molecule has 0 radical (unpaired) electrons. The van der Waals surface area contributed by atoms with Crippen molar-refractivity contribution in [2.75, 3.05) is 5.73 Å². The number of fused-ring (bicyclic) bond motifs is 1. The molecule has 1 aliphatic rings. The van der Waals surface area contributed by atoms with Gasteiger partial charge < -0.3 is 16.2 Å². The Morgan fingerprint density at radius 1 is 1.29 bits per heavy atom. The van der Waals surface area contributed by atoms with Crippen LogP contribution in [0.25, 0.3) is 0 Å². The quantitative estimate of drug-likeness (QED) is 0.737. The Hall–Kier alpha value is -2.33. The second kappa shape index (κ2) is 5.22. The summed E-state index contributed by atoms with van der Waals surface area (Å²) < 4.78 is 0. The fraction of sp³-hybridized carbons (Fsp3) is 0.235. The third-order valence-corrected chi connectivity index (χ3v) is 3.85. The molecular weight excluding hydrogens is 264 g/mol. The third-order valence-electron chi connectivity index (χ3n) is 3.85. The van der Waals surface area contributed by atoms with Crippen LogP contribution in [0.1, 0.15) is 33.1 Å². The summed E-state index contributed by atoms with van der Waals surface area (Å²) in [7, 11) is 0. The lowest BCUT2D eigenvalue weighted by Crippen LogP contribution is -2.33. The molecule has 0 aromatic heterocycles. The predicted molar refractivity (Wildman–Crippen MR) is 82.0 cm³/mol. The number of hydrogen-bond donors (Lipinski definition) is 3. The van der Waals surface area contributed by atoms with E-state index < -0.39 is 6.10 Å². The topological polar surface area (TPSA) is 75.4 Å². The SMILES string of the molecule is Cc1cc(N)cc(C(=O)N[C@@H]2c3ccccc3C[C@@H]2O)c1. The third kappa shape index (κ3) is 2.62. The average Bonchev–Trinajstić information content (AvgIpc) is 2.74. The lowest BCUT2D eigenvalue weighted by atomic mass is 10.1. The smallest absolute Gasteiger partial charge is 0.251 e. The maximum Gasteiger partial charge on any atom is 0.251 e. The molecule has 0 saturated carbocycles. The van der Waals surface area contributed by atoms with Gasteiger partial charge in [-0.3, -0.25) is 4.79 Å².